The molecule has 0 aromatic rings. The molecule has 3 aliphatic rings. The molecule has 18 atom stereocenters. The molecule has 0 aromatic heterocycles. The van der Waals surface area contributed by atoms with Gasteiger partial charge in [0, 0.05) is 12.8 Å². The van der Waals surface area contributed by atoms with Gasteiger partial charge in [0.05, 0.1) is 25.9 Å². The number of carbonyl (C=O) groups excluding carboxylic acids is 2. The van der Waals surface area contributed by atoms with Gasteiger partial charge in [-0.1, -0.05) is 168 Å². The van der Waals surface area contributed by atoms with Gasteiger partial charge in [-0.25, -0.2) is 4.57 Å². The van der Waals surface area contributed by atoms with Crippen LogP contribution < -0.4 is 5.32 Å². The first-order valence-electron chi connectivity index (χ1n) is 29.0. The fourth-order valence-corrected chi connectivity index (χ4v) is 10.9. The molecule has 454 valence electrons. The van der Waals surface area contributed by atoms with Crippen LogP contribution in [0, 0.1) is 0 Å². The molecule has 0 aromatic carbocycles. The zero-order chi connectivity index (χ0) is 56.8. The molecule has 0 radical (unpaired) electrons. The van der Waals surface area contributed by atoms with Gasteiger partial charge in [0.2, 0.25) is 5.91 Å². The lowest BCUT2D eigenvalue weighted by Crippen LogP contribution is -2.69. The van der Waals surface area contributed by atoms with Gasteiger partial charge < -0.3 is 90.1 Å². The summed E-state index contributed by atoms with van der Waals surface area (Å²) in [4.78, 5) is 37.6. The number of unbranched alkanes of at least 4 members (excludes halogenated alkanes) is 24. The van der Waals surface area contributed by atoms with Crippen LogP contribution in [0.2, 0.25) is 0 Å². The maximum Gasteiger partial charge on any atom is 0.472 e. The molecule has 0 spiro atoms. The van der Waals surface area contributed by atoms with Crippen molar-refractivity contribution >= 4 is 19.7 Å². The minimum Gasteiger partial charge on any atom is -0.463 e. The zero-order valence-corrected chi connectivity index (χ0v) is 46.7. The number of aliphatic hydroxyl groups is 11. The van der Waals surface area contributed by atoms with Gasteiger partial charge in [0.15, 0.2) is 12.6 Å². The van der Waals surface area contributed by atoms with E-state index in [1.807, 2.05) is 0 Å². The summed E-state index contributed by atoms with van der Waals surface area (Å²) in [5, 5.41) is 119. The van der Waals surface area contributed by atoms with Gasteiger partial charge in [-0.2, -0.15) is 0 Å². The van der Waals surface area contributed by atoms with Crippen molar-refractivity contribution in [2.24, 2.45) is 0 Å². The van der Waals surface area contributed by atoms with Crippen LogP contribution in [0.3, 0.4) is 0 Å². The molecule has 10 unspecified atom stereocenters. The minimum atomic E-state index is -5.59. The van der Waals surface area contributed by atoms with E-state index in [9.17, 15) is 75.2 Å². The summed E-state index contributed by atoms with van der Waals surface area (Å²) < 4.78 is 52.7. The third-order valence-electron chi connectivity index (χ3n) is 14.8. The molecule has 3 rings (SSSR count). The largest absolute Gasteiger partial charge is 0.472 e. The number of aliphatic hydroxyl groups excluding tert-OH is 11. The number of amides is 1. The Bertz CT molecular complexity index is 1550. The standard InChI is InChI=1S/C53H100NO22P/c1-3-5-7-9-11-13-15-17-19-21-23-25-27-29-38(57)54-35(33-70-39(58)30-28-26-24-22-20-18-16-14-12-10-8-6-4-2)34-71-77(68,69)76-51-49(74-52-47(66)42(61)40(59)36(31-55)72-52)45(64)44(63)46(65)50(51)75-53-48(67)43(62)41(60)37(32-56)73-53/h35-37,40-53,55-56,59-67H,3-34H2,1-2H3,(H,54,57)(H,68,69)/t35-,36?,37?,40-,41+,42?,43+,44?,45+,46?,47-,48?,49?,50?,51?,52-,53+/m1/s1. The van der Waals surface area contributed by atoms with E-state index in [-0.39, 0.29) is 12.8 Å². The Labute approximate surface area is 455 Å². The molecule has 3 fully saturated rings. The Hall–Kier alpha value is -1.55. The Morgan fingerprint density at radius 1 is 0.468 bits per heavy atom. The molecule has 2 heterocycles. The number of phosphoric acid groups is 1. The van der Waals surface area contributed by atoms with Crippen molar-refractivity contribution in [3.05, 3.63) is 0 Å². The van der Waals surface area contributed by atoms with Crippen molar-refractivity contribution in [3.8, 4) is 0 Å². The van der Waals surface area contributed by atoms with Crippen LogP contribution in [0.25, 0.3) is 0 Å². The van der Waals surface area contributed by atoms with E-state index in [1.54, 1.807) is 0 Å². The van der Waals surface area contributed by atoms with Crippen LogP contribution in [-0.4, -0.2) is 203 Å². The highest BCUT2D eigenvalue weighted by atomic mass is 31.2. The summed E-state index contributed by atoms with van der Waals surface area (Å²) >= 11 is 0. The predicted molar refractivity (Wildman–Crippen MR) is 279 cm³/mol. The van der Waals surface area contributed by atoms with E-state index in [2.05, 4.69) is 19.2 Å². The molecule has 0 bridgehead atoms. The molecule has 1 saturated carbocycles. The molecule has 2 saturated heterocycles. The van der Waals surface area contributed by atoms with Crippen LogP contribution >= 0.6 is 7.82 Å². The molecule has 1 amide bonds. The van der Waals surface area contributed by atoms with Crippen molar-refractivity contribution in [3.63, 3.8) is 0 Å². The fourth-order valence-electron chi connectivity index (χ4n) is 9.93. The molecule has 2 aliphatic heterocycles. The highest BCUT2D eigenvalue weighted by Gasteiger charge is 2.58. The molecule has 13 N–H and O–H groups in total. The number of hydrogen-bond acceptors (Lipinski definition) is 21. The number of rotatable bonds is 42. The van der Waals surface area contributed by atoms with Gasteiger partial charge in [-0.05, 0) is 12.8 Å². The van der Waals surface area contributed by atoms with Crippen LogP contribution in [0.15, 0.2) is 0 Å². The van der Waals surface area contributed by atoms with Gasteiger partial charge in [0.25, 0.3) is 0 Å². The van der Waals surface area contributed by atoms with Gasteiger partial charge in [0.1, 0.15) is 92.1 Å². The first-order chi connectivity index (χ1) is 36.9. The van der Waals surface area contributed by atoms with E-state index in [1.165, 1.54) is 96.3 Å². The number of carbonyl (C=O) groups is 2. The number of hydrogen-bond donors (Lipinski definition) is 13. The minimum absolute atomic E-state index is 0.0859. The van der Waals surface area contributed by atoms with Crippen LogP contribution in [0.1, 0.15) is 194 Å². The van der Waals surface area contributed by atoms with Crippen molar-refractivity contribution in [2.45, 2.75) is 298 Å². The topological polar surface area (TPSA) is 371 Å². The highest BCUT2D eigenvalue weighted by molar-refractivity contribution is 7.47. The van der Waals surface area contributed by atoms with Gasteiger partial charge >= 0.3 is 13.8 Å². The first kappa shape index (κ1) is 69.7. The van der Waals surface area contributed by atoms with E-state index >= 15 is 0 Å². The van der Waals surface area contributed by atoms with E-state index in [4.69, 9.17) is 32.7 Å². The van der Waals surface area contributed by atoms with Gasteiger partial charge in [-0.15, -0.1) is 0 Å². The Balaban J connectivity index is 1.72. The van der Waals surface area contributed by atoms with E-state index in [0.29, 0.717) is 12.8 Å². The molecular weight excluding hydrogens is 1030 g/mol. The molecule has 77 heavy (non-hydrogen) atoms. The third-order valence-corrected chi connectivity index (χ3v) is 15.8. The smallest absolute Gasteiger partial charge is 0.463 e. The quantitative estimate of drug-likeness (QED) is 0.0237. The van der Waals surface area contributed by atoms with Crippen LogP contribution in [0.5, 0.6) is 0 Å². The molecule has 1 aliphatic carbocycles. The summed E-state index contributed by atoms with van der Waals surface area (Å²) in [6.45, 7) is 1.25. The fraction of sp³-hybridized carbons (Fsp3) is 0.962. The average molecular weight is 1130 g/mol. The number of ether oxygens (including phenoxy) is 5. The highest BCUT2D eigenvalue weighted by Crippen LogP contribution is 2.48. The summed E-state index contributed by atoms with van der Waals surface area (Å²) in [6, 6.07) is -1.23. The van der Waals surface area contributed by atoms with Crippen LogP contribution in [-0.2, 0) is 46.9 Å². The van der Waals surface area contributed by atoms with E-state index in [0.717, 1.165) is 57.8 Å². The summed E-state index contributed by atoms with van der Waals surface area (Å²) in [6.07, 6.45) is -4.08. The lowest BCUT2D eigenvalue weighted by atomic mass is 9.84. The lowest BCUT2D eigenvalue weighted by Gasteiger charge is -2.49. The third kappa shape index (κ3) is 25.2. The van der Waals surface area contributed by atoms with Crippen LogP contribution in [0.4, 0.5) is 0 Å². The van der Waals surface area contributed by atoms with Crippen molar-refractivity contribution in [1.82, 2.24) is 5.32 Å². The second-order valence-corrected chi connectivity index (χ2v) is 22.7. The Morgan fingerprint density at radius 2 is 0.818 bits per heavy atom. The number of phosphoric ester groups is 1. The second kappa shape index (κ2) is 39.0. The Morgan fingerprint density at radius 3 is 1.19 bits per heavy atom. The lowest BCUT2D eigenvalue weighted by molar-refractivity contribution is -0.360. The SMILES string of the molecule is CCCCCCCCCCCCCCCC(=O)N[C@H](COC(=O)CCCCCCCCCCCCCCC)COP(=O)(O)OC1C(O[C@@H]2OC(CO)[C@H](O)[C@H](O)C2O)C(O)C(O)[C@H](O)C1O[C@H]1OC(CO)[C@@H](O)C(O)[C@H]1O. The number of nitrogens with one attached hydrogen (secondary N) is 1. The maximum absolute atomic E-state index is 14.0. The van der Waals surface area contributed by atoms with E-state index < -0.39 is 150 Å². The summed E-state index contributed by atoms with van der Waals surface area (Å²) in [7, 11) is -5.59. The second-order valence-electron chi connectivity index (χ2n) is 21.3. The molecular formula is C53H100NO22P. The normalized spacial score (nSPS) is 31.9. The maximum atomic E-state index is 14.0. The van der Waals surface area contributed by atoms with Crippen molar-refractivity contribution < 1.29 is 108 Å². The van der Waals surface area contributed by atoms with Gasteiger partial charge in [-0.3, -0.25) is 18.6 Å². The Kier molecular flexibility index (Phi) is 35.3. The van der Waals surface area contributed by atoms with Crippen molar-refractivity contribution in [1.29, 1.82) is 0 Å². The zero-order valence-electron chi connectivity index (χ0n) is 45.8. The van der Waals surface area contributed by atoms with Crippen molar-refractivity contribution in [2.75, 3.05) is 26.4 Å². The average Bonchev–Trinajstić information content (AvgIpc) is 3.41. The summed E-state index contributed by atoms with van der Waals surface area (Å²) in [5.41, 5.74) is 0. The predicted octanol–water partition coefficient (Wildman–Crippen LogP) is 2.95. The monoisotopic (exact) mass is 1130 g/mol. The number of esters is 1. The molecule has 23 nitrogen and oxygen atoms in total. The first-order valence-corrected chi connectivity index (χ1v) is 30.5. The molecule has 24 heteroatoms. The summed E-state index contributed by atoms with van der Waals surface area (Å²) in [5.74, 6) is -1.03.